The van der Waals surface area contributed by atoms with Crippen LogP contribution >= 0.6 is 22.9 Å². The van der Waals surface area contributed by atoms with Gasteiger partial charge in [-0.25, -0.2) is 0 Å². The first-order chi connectivity index (χ1) is 6.79. The van der Waals surface area contributed by atoms with E-state index in [1.54, 1.807) is 11.3 Å². The summed E-state index contributed by atoms with van der Waals surface area (Å²) in [4.78, 5) is 1.14. The van der Waals surface area contributed by atoms with Crippen LogP contribution in [-0.2, 0) is 4.74 Å². The van der Waals surface area contributed by atoms with Gasteiger partial charge < -0.3 is 10.5 Å². The summed E-state index contributed by atoms with van der Waals surface area (Å²) in [5.41, 5.74) is 5.68. The van der Waals surface area contributed by atoms with E-state index in [1.165, 1.54) is 19.3 Å². The molecule has 0 spiro atoms. The molecule has 2 N–H and O–H groups in total. The average Bonchev–Trinajstić information content (AvgIpc) is 2.50. The molecule has 4 heteroatoms. The van der Waals surface area contributed by atoms with Crippen LogP contribution in [0.3, 0.4) is 0 Å². The molecule has 1 aromatic rings. The van der Waals surface area contributed by atoms with Crippen molar-refractivity contribution in [1.82, 2.24) is 0 Å². The Morgan fingerprint density at radius 3 is 2.79 bits per heavy atom. The fourth-order valence-electron chi connectivity index (χ4n) is 1.48. The SMILES string of the molecule is NCC(OC1CCC1)c1ccc(Cl)s1. The monoisotopic (exact) mass is 231 g/mol. The van der Waals surface area contributed by atoms with E-state index < -0.39 is 0 Å². The second kappa shape index (κ2) is 4.62. The minimum atomic E-state index is 0.0396. The first-order valence-corrected chi connectivity index (χ1v) is 6.10. The first-order valence-electron chi connectivity index (χ1n) is 4.90. The van der Waals surface area contributed by atoms with Gasteiger partial charge in [0.05, 0.1) is 10.4 Å². The van der Waals surface area contributed by atoms with Crippen LogP contribution in [0.1, 0.15) is 30.2 Å². The number of rotatable bonds is 4. The van der Waals surface area contributed by atoms with Crippen LogP contribution in [0, 0.1) is 0 Å². The summed E-state index contributed by atoms with van der Waals surface area (Å²) in [5.74, 6) is 0. The van der Waals surface area contributed by atoms with Gasteiger partial charge in [0.2, 0.25) is 0 Å². The molecule has 1 aliphatic carbocycles. The van der Waals surface area contributed by atoms with Crippen molar-refractivity contribution in [2.45, 2.75) is 31.5 Å². The third-order valence-electron chi connectivity index (χ3n) is 2.53. The fourth-order valence-corrected chi connectivity index (χ4v) is 2.59. The minimum absolute atomic E-state index is 0.0396. The summed E-state index contributed by atoms with van der Waals surface area (Å²) < 4.78 is 6.66. The van der Waals surface area contributed by atoms with Crippen LogP contribution in [0.4, 0.5) is 0 Å². The van der Waals surface area contributed by atoms with E-state index in [1.807, 2.05) is 12.1 Å². The smallest absolute Gasteiger partial charge is 0.104 e. The van der Waals surface area contributed by atoms with Crippen LogP contribution in [0.2, 0.25) is 4.34 Å². The van der Waals surface area contributed by atoms with Crippen molar-refractivity contribution in [1.29, 1.82) is 0 Å². The number of hydrogen-bond donors (Lipinski definition) is 1. The van der Waals surface area contributed by atoms with E-state index >= 15 is 0 Å². The highest BCUT2D eigenvalue weighted by Crippen LogP contribution is 2.33. The molecule has 14 heavy (non-hydrogen) atoms. The molecule has 1 aliphatic rings. The van der Waals surface area contributed by atoms with Gasteiger partial charge in [0.25, 0.3) is 0 Å². The third-order valence-corrected chi connectivity index (χ3v) is 3.86. The van der Waals surface area contributed by atoms with E-state index in [2.05, 4.69) is 0 Å². The lowest BCUT2D eigenvalue weighted by atomic mass is 9.96. The van der Waals surface area contributed by atoms with Crippen molar-refractivity contribution in [3.63, 3.8) is 0 Å². The van der Waals surface area contributed by atoms with Crippen LogP contribution in [0.5, 0.6) is 0 Å². The van der Waals surface area contributed by atoms with Gasteiger partial charge in [-0.05, 0) is 31.4 Å². The lowest BCUT2D eigenvalue weighted by Crippen LogP contribution is -2.27. The number of halogens is 1. The van der Waals surface area contributed by atoms with E-state index in [4.69, 9.17) is 22.1 Å². The van der Waals surface area contributed by atoms with Gasteiger partial charge >= 0.3 is 0 Å². The maximum Gasteiger partial charge on any atom is 0.104 e. The Hall–Kier alpha value is -0.0900. The van der Waals surface area contributed by atoms with E-state index in [0.29, 0.717) is 12.6 Å². The Labute approximate surface area is 93.0 Å². The molecule has 1 aromatic heterocycles. The highest BCUT2D eigenvalue weighted by atomic mass is 35.5. The fraction of sp³-hybridized carbons (Fsp3) is 0.600. The lowest BCUT2D eigenvalue weighted by molar-refractivity contribution is -0.0472. The maximum atomic E-state index is 5.87. The first kappa shape index (κ1) is 10.4. The second-order valence-corrected chi connectivity index (χ2v) is 5.30. The predicted octanol–water partition coefficient (Wildman–Crippen LogP) is 2.97. The van der Waals surface area contributed by atoms with Gasteiger partial charge in [-0.2, -0.15) is 0 Å². The molecule has 0 radical (unpaired) electrons. The van der Waals surface area contributed by atoms with Gasteiger partial charge in [0.1, 0.15) is 6.10 Å². The Morgan fingerprint density at radius 1 is 1.57 bits per heavy atom. The molecule has 0 saturated heterocycles. The molecule has 1 atom stereocenters. The molecule has 2 nitrogen and oxygen atoms in total. The summed E-state index contributed by atoms with van der Waals surface area (Å²) in [6, 6.07) is 3.90. The van der Waals surface area contributed by atoms with Crippen molar-refractivity contribution < 1.29 is 4.74 Å². The van der Waals surface area contributed by atoms with Gasteiger partial charge in [-0.15, -0.1) is 11.3 Å². The number of ether oxygens (including phenoxy) is 1. The van der Waals surface area contributed by atoms with Gasteiger partial charge in [-0.1, -0.05) is 11.6 Å². The molecular formula is C10H14ClNOS. The highest BCUT2D eigenvalue weighted by molar-refractivity contribution is 7.16. The largest absolute Gasteiger partial charge is 0.368 e. The summed E-state index contributed by atoms with van der Waals surface area (Å²) in [7, 11) is 0. The highest BCUT2D eigenvalue weighted by Gasteiger charge is 2.23. The third kappa shape index (κ3) is 2.28. The van der Waals surface area contributed by atoms with Crippen molar-refractivity contribution in [2.75, 3.05) is 6.54 Å². The molecule has 1 fully saturated rings. The normalized spacial score (nSPS) is 19.3. The molecule has 1 saturated carbocycles. The van der Waals surface area contributed by atoms with E-state index in [9.17, 15) is 0 Å². The summed E-state index contributed by atoms with van der Waals surface area (Å²) in [6.07, 6.45) is 4.10. The molecular weight excluding hydrogens is 218 g/mol. The summed E-state index contributed by atoms with van der Waals surface area (Å²) in [6.45, 7) is 0.535. The predicted molar refractivity (Wildman–Crippen MR) is 59.8 cm³/mol. The summed E-state index contributed by atoms with van der Waals surface area (Å²) >= 11 is 7.43. The topological polar surface area (TPSA) is 35.2 Å². The van der Waals surface area contributed by atoms with Gasteiger partial charge in [-0.3, -0.25) is 0 Å². The van der Waals surface area contributed by atoms with Crippen molar-refractivity contribution in [3.05, 3.63) is 21.3 Å². The Kier molecular flexibility index (Phi) is 3.44. The standard InChI is InChI=1S/C10H14ClNOS/c11-10-5-4-9(14-10)8(6-12)13-7-2-1-3-7/h4-5,7-8H,1-3,6,12H2. The van der Waals surface area contributed by atoms with Crippen LogP contribution in [-0.4, -0.2) is 12.6 Å². The van der Waals surface area contributed by atoms with Gasteiger partial charge in [0, 0.05) is 11.4 Å². The Balaban J connectivity index is 1.97. The average molecular weight is 232 g/mol. The zero-order chi connectivity index (χ0) is 9.97. The quantitative estimate of drug-likeness (QED) is 0.865. The van der Waals surface area contributed by atoms with Gasteiger partial charge in [0.15, 0.2) is 0 Å². The van der Waals surface area contributed by atoms with Crippen LogP contribution in [0.15, 0.2) is 12.1 Å². The zero-order valence-electron chi connectivity index (χ0n) is 7.91. The molecule has 0 aliphatic heterocycles. The molecule has 0 amide bonds. The van der Waals surface area contributed by atoms with E-state index in [-0.39, 0.29) is 6.10 Å². The zero-order valence-corrected chi connectivity index (χ0v) is 9.48. The Bertz CT molecular complexity index is 298. The maximum absolute atomic E-state index is 5.87. The van der Waals surface area contributed by atoms with Crippen LogP contribution in [0.25, 0.3) is 0 Å². The van der Waals surface area contributed by atoms with Crippen molar-refractivity contribution in [2.24, 2.45) is 5.73 Å². The van der Waals surface area contributed by atoms with E-state index in [0.717, 1.165) is 9.21 Å². The molecule has 2 rings (SSSR count). The number of thiophene rings is 1. The van der Waals surface area contributed by atoms with Crippen molar-refractivity contribution >= 4 is 22.9 Å². The minimum Gasteiger partial charge on any atom is -0.368 e. The Morgan fingerprint density at radius 2 is 2.36 bits per heavy atom. The van der Waals surface area contributed by atoms with Crippen molar-refractivity contribution in [3.8, 4) is 0 Å². The number of hydrogen-bond acceptors (Lipinski definition) is 3. The number of nitrogens with two attached hydrogens (primary N) is 1. The second-order valence-electron chi connectivity index (χ2n) is 3.56. The molecule has 1 heterocycles. The molecule has 1 unspecified atom stereocenters. The molecule has 0 bridgehead atoms. The van der Waals surface area contributed by atoms with Crippen LogP contribution < -0.4 is 5.73 Å². The lowest BCUT2D eigenvalue weighted by Gasteiger charge is -2.29. The molecule has 0 aromatic carbocycles. The summed E-state index contributed by atoms with van der Waals surface area (Å²) in [5, 5.41) is 0. The molecule has 78 valence electrons.